The molecule has 0 spiro atoms. The number of aliphatic hydroxyl groups excluding tert-OH is 1. The first-order valence-electron chi connectivity index (χ1n) is 10.2. The lowest BCUT2D eigenvalue weighted by Gasteiger charge is -2.41. The highest BCUT2D eigenvalue weighted by Gasteiger charge is 2.31. The molecule has 8 heteroatoms. The fourth-order valence-electron chi connectivity index (χ4n) is 4.37. The maximum Gasteiger partial charge on any atom is 0.275 e. The molecule has 1 saturated carbocycles. The molecular weight excluding hydrogens is 362 g/mol. The average Bonchev–Trinajstić information content (AvgIpc) is 3.06. The predicted octanol–water partition coefficient (Wildman–Crippen LogP) is 2.28. The van der Waals surface area contributed by atoms with Crippen LogP contribution in [0.5, 0.6) is 0 Å². The molecule has 0 bridgehead atoms. The molecule has 3 heterocycles. The summed E-state index contributed by atoms with van der Waals surface area (Å²) in [6.45, 7) is 4.09. The molecule has 0 aromatic carbocycles. The predicted molar refractivity (Wildman–Crippen MR) is 108 cm³/mol. The Morgan fingerprint density at radius 3 is 2.78 bits per heavy atom. The standard InChI is InChI=1S/C19H29N5O2S/c1-2-5-14-12-17(26)24-19(21-14)27-18(22-24)20-13-8-10-23(11-9-13)15-6-3-4-7-16(15)25/h12-13,15-16,25H,2-11H2,1H3,(H,20,22). The third-order valence-corrected chi connectivity index (χ3v) is 6.66. The molecule has 27 heavy (non-hydrogen) atoms. The highest BCUT2D eigenvalue weighted by molar-refractivity contribution is 7.20. The second-order valence-corrected chi connectivity index (χ2v) is 8.77. The largest absolute Gasteiger partial charge is 0.391 e. The topological polar surface area (TPSA) is 82.8 Å². The van der Waals surface area contributed by atoms with Crippen molar-refractivity contribution < 1.29 is 5.11 Å². The van der Waals surface area contributed by atoms with Crippen LogP contribution in [0, 0.1) is 0 Å². The highest BCUT2D eigenvalue weighted by Crippen LogP contribution is 2.27. The molecule has 2 aromatic rings. The fraction of sp³-hybridized carbons (Fsp3) is 0.737. The van der Waals surface area contributed by atoms with Crippen LogP contribution in [0.2, 0.25) is 0 Å². The van der Waals surface area contributed by atoms with Crippen molar-refractivity contribution in [2.75, 3.05) is 18.4 Å². The molecule has 0 radical (unpaired) electrons. The van der Waals surface area contributed by atoms with Gasteiger partial charge < -0.3 is 10.4 Å². The molecule has 2 aliphatic rings. The lowest BCUT2D eigenvalue weighted by molar-refractivity contribution is 0.00993. The molecule has 1 saturated heterocycles. The summed E-state index contributed by atoms with van der Waals surface area (Å²) in [6.07, 6.45) is 8.13. The molecule has 0 amide bonds. The van der Waals surface area contributed by atoms with Crippen molar-refractivity contribution in [1.29, 1.82) is 0 Å². The minimum Gasteiger partial charge on any atom is -0.391 e. The van der Waals surface area contributed by atoms with E-state index in [2.05, 4.69) is 27.2 Å². The van der Waals surface area contributed by atoms with Gasteiger partial charge in [-0.3, -0.25) is 9.69 Å². The van der Waals surface area contributed by atoms with Gasteiger partial charge in [0, 0.05) is 36.9 Å². The van der Waals surface area contributed by atoms with Gasteiger partial charge in [-0.15, -0.1) is 5.10 Å². The Kier molecular flexibility index (Phi) is 5.75. The Labute approximate surface area is 163 Å². The number of anilines is 1. The van der Waals surface area contributed by atoms with Crippen LogP contribution in [0.15, 0.2) is 10.9 Å². The molecular formula is C19H29N5O2S. The monoisotopic (exact) mass is 391 g/mol. The summed E-state index contributed by atoms with van der Waals surface area (Å²) in [7, 11) is 0. The summed E-state index contributed by atoms with van der Waals surface area (Å²) >= 11 is 1.45. The first kappa shape index (κ1) is 18.8. The van der Waals surface area contributed by atoms with Crippen molar-refractivity contribution in [2.24, 2.45) is 0 Å². The lowest BCUT2D eigenvalue weighted by atomic mass is 9.89. The third-order valence-electron chi connectivity index (χ3n) is 5.82. The molecule has 2 N–H and O–H groups in total. The van der Waals surface area contributed by atoms with E-state index in [0.717, 1.165) is 68.9 Å². The van der Waals surface area contributed by atoms with Crippen LogP contribution in [-0.2, 0) is 6.42 Å². The molecule has 148 valence electrons. The summed E-state index contributed by atoms with van der Waals surface area (Å²) in [5.74, 6) is 0. The number of hydrogen-bond acceptors (Lipinski definition) is 7. The van der Waals surface area contributed by atoms with Crippen molar-refractivity contribution in [3.8, 4) is 0 Å². The van der Waals surface area contributed by atoms with Gasteiger partial charge in [0.05, 0.1) is 6.10 Å². The number of nitrogens with zero attached hydrogens (tertiary/aromatic N) is 4. The van der Waals surface area contributed by atoms with Gasteiger partial charge in [-0.25, -0.2) is 4.98 Å². The zero-order chi connectivity index (χ0) is 18.8. The van der Waals surface area contributed by atoms with Gasteiger partial charge in [-0.2, -0.15) is 4.52 Å². The minimum atomic E-state index is -0.164. The first-order chi connectivity index (χ1) is 13.1. The van der Waals surface area contributed by atoms with Gasteiger partial charge in [0.25, 0.3) is 5.56 Å². The van der Waals surface area contributed by atoms with E-state index in [9.17, 15) is 9.90 Å². The van der Waals surface area contributed by atoms with E-state index < -0.39 is 0 Å². The van der Waals surface area contributed by atoms with Crippen LogP contribution in [0.1, 0.15) is 57.6 Å². The number of nitrogens with one attached hydrogen (secondary N) is 1. The van der Waals surface area contributed by atoms with E-state index >= 15 is 0 Å². The minimum absolute atomic E-state index is 0.103. The quantitative estimate of drug-likeness (QED) is 0.814. The highest BCUT2D eigenvalue weighted by atomic mass is 32.1. The van der Waals surface area contributed by atoms with E-state index in [1.54, 1.807) is 6.07 Å². The summed E-state index contributed by atoms with van der Waals surface area (Å²) in [6, 6.07) is 2.28. The molecule has 2 unspecified atom stereocenters. The molecule has 2 atom stereocenters. The molecule has 1 aliphatic heterocycles. The molecule has 7 nitrogen and oxygen atoms in total. The number of aryl methyl sites for hydroxylation is 1. The van der Waals surface area contributed by atoms with E-state index in [-0.39, 0.29) is 11.7 Å². The van der Waals surface area contributed by atoms with Crippen LogP contribution >= 0.6 is 11.3 Å². The number of piperidine rings is 1. The number of rotatable bonds is 5. The van der Waals surface area contributed by atoms with Crippen molar-refractivity contribution in [3.05, 3.63) is 22.1 Å². The summed E-state index contributed by atoms with van der Waals surface area (Å²) < 4.78 is 1.40. The van der Waals surface area contributed by atoms with E-state index in [0.29, 0.717) is 17.0 Å². The molecule has 4 rings (SSSR count). The Hall–Kier alpha value is -1.51. The van der Waals surface area contributed by atoms with Crippen molar-refractivity contribution in [3.63, 3.8) is 0 Å². The van der Waals surface area contributed by atoms with Crippen LogP contribution in [0.4, 0.5) is 5.13 Å². The van der Waals surface area contributed by atoms with E-state index in [1.807, 2.05) is 0 Å². The van der Waals surface area contributed by atoms with Crippen LogP contribution in [0.25, 0.3) is 4.96 Å². The first-order valence-corrected chi connectivity index (χ1v) is 11.0. The Morgan fingerprint density at radius 2 is 2.04 bits per heavy atom. The number of aliphatic hydroxyl groups is 1. The van der Waals surface area contributed by atoms with Crippen LogP contribution in [-0.4, -0.2) is 55.9 Å². The maximum absolute atomic E-state index is 12.2. The van der Waals surface area contributed by atoms with Gasteiger partial charge in [-0.1, -0.05) is 37.5 Å². The summed E-state index contributed by atoms with van der Waals surface area (Å²) in [4.78, 5) is 19.9. The van der Waals surface area contributed by atoms with Crippen molar-refractivity contribution in [2.45, 2.75) is 76.5 Å². The molecule has 2 fully saturated rings. The van der Waals surface area contributed by atoms with Gasteiger partial charge >= 0.3 is 0 Å². The third kappa shape index (κ3) is 4.17. The van der Waals surface area contributed by atoms with Gasteiger partial charge in [0.1, 0.15) is 0 Å². The Bertz CT molecular complexity index is 827. The zero-order valence-electron chi connectivity index (χ0n) is 15.9. The zero-order valence-corrected chi connectivity index (χ0v) is 16.7. The summed E-state index contributed by atoms with van der Waals surface area (Å²) in [5, 5.41) is 19.0. The van der Waals surface area contributed by atoms with E-state index in [4.69, 9.17) is 0 Å². The second kappa shape index (κ2) is 8.24. The van der Waals surface area contributed by atoms with Crippen molar-refractivity contribution >= 4 is 21.4 Å². The van der Waals surface area contributed by atoms with Crippen LogP contribution in [0.3, 0.4) is 0 Å². The number of aromatic nitrogens is 3. The van der Waals surface area contributed by atoms with Gasteiger partial charge in [0.15, 0.2) is 0 Å². The maximum atomic E-state index is 12.2. The molecule has 1 aliphatic carbocycles. The Balaban J connectivity index is 1.39. The average molecular weight is 392 g/mol. The second-order valence-electron chi connectivity index (χ2n) is 7.81. The molecule has 2 aromatic heterocycles. The lowest BCUT2D eigenvalue weighted by Crippen LogP contribution is -2.50. The van der Waals surface area contributed by atoms with Gasteiger partial charge in [0.2, 0.25) is 10.1 Å². The summed E-state index contributed by atoms with van der Waals surface area (Å²) in [5.41, 5.74) is 0.742. The van der Waals surface area contributed by atoms with E-state index in [1.165, 1.54) is 22.3 Å². The Morgan fingerprint density at radius 1 is 1.26 bits per heavy atom. The number of fused-ring (bicyclic) bond motifs is 1. The normalized spacial score (nSPS) is 25.1. The number of likely N-dealkylation sites (tertiary alicyclic amines) is 1. The smallest absolute Gasteiger partial charge is 0.275 e. The van der Waals surface area contributed by atoms with Crippen molar-refractivity contribution in [1.82, 2.24) is 19.5 Å². The van der Waals surface area contributed by atoms with Gasteiger partial charge in [-0.05, 0) is 32.1 Å². The van der Waals surface area contributed by atoms with Crippen LogP contribution < -0.4 is 10.9 Å². The fourth-order valence-corrected chi connectivity index (χ4v) is 5.27. The number of hydrogen-bond donors (Lipinski definition) is 2. The SMILES string of the molecule is CCCc1cc(=O)n2nc(NC3CCN(C4CCCCC4O)CC3)sc2n1.